The van der Waals surface area contributed by atoms with Crippen molar-refractivity contribution in [1.82, 2.24) is 9.88 Å². The molecular weight excluding hydrogens is 683 g/mol. The van der Waals surface area contributed by atoms with E-state index in [1.807, 2.05) is 12.1 Å². The summed E-state index contributed by atoms with van der Waals surface area (Å²) in [6, 6.07) is 68.7. The van der Waals surface area contributed by atoms with E-state index in [2.05, 4.69) is 198 Å². The molecule has 8 aromatic carbocycles. The lowest BCUT2D eigenvalue weighted by Gasteiger charge is -2.25. The molecule has 0 bridgehead atoms. The largest absolute Gasteiger partial charge is 0.454 e. The van der Waals surface area contributed by atoms with Gasteiger partial charge < -0.3 is 14.3 Å². The van der Waals surface area contributed by atoms with Crippen molar-refractivity contribution in [1.29, 1.82) is 0 Å². The van der Waals surface area contributed by atoms with Crippen LogP contribution in [0.1, 0.15) is 22.7 Å². The molecule has 0 radical (unpaired) electrons. The highest BCUT2D eigenvalue weighted by atomic mass is 16.3. The fraction of sp³-hybridized carbons (Fsp3) is 0.0192. The number of aliphatic imine (C=N–C) groups is 1. The molecule has 2 aromatic heterocycles. The predicted molar refractivity (Wildman–Crippen MR) is 232 cm³/mol. The molecule has 1 aliphatic heterocycles. The number of amidine groups is 1. The predicted octanol–water partition coefficient (Wildman–Crippen LogP) is 13.1. The lowest BCUT2D eigenvalue weighted by molar-refractivity contribution is 0.666. The first-order valence-electron chi connectivity index (χ1n) is 19.1. The first-order valence-corrected chi connectivity index (χ1v) is 19.1. The van der Waals surface area contributed by atoms with Crippen molar-refractivity contribution in [3.8, 4) is 27.9 Å². The minimum absolute atomic E-state index is 0.0817. The maximum absolute atomic E-state index is 6.74. The maximum atomic E-state index is 6.74. The SMILES string of the molecule is C1=C(c2ccc3c4ccccc4n(-c4cc(-c5ccccc5)cc5c4oc4ccccc45)c3c2)N=C(c2ccccc2)NC1c1ccc(-c2ccccc2)cc1. The van der Waals surface area contributed by atoms with Crippen LogP contribution in [0.2, 0.25) is 0 Å². The van der Waals surface area contributed by atoms with Gasteiger partial charge in [0.1, 0.15) is 11.4 Å². The number of nitrogens with one attached hydrogen (secondary N) is 1. The number of aromatic nitrogens is 1. The topological polar surface area (TPSA) is 42.5 Å². The smallest absolute Gasteiger partial charge is 0.159 e. The highest BCUT2D eigenvalue weighted by Crippen LogP contribution is 2.41. The summed E-state index contributed by atoms with van der Waals surface area (Å²) in [7, 11) is 0. The molecule has 56 heavy (non-hydrogen) atoms. The number of para-hydroxylation sites is 2. The molecule has 11 rings (SSSR count). The molecule has 4 heteroatoms. The summed E-state index contributed by atoms with van der Waals surface area (Å²) in [5, 5.41) is 8.31. The Morgan fingerprint density at radius 1 is 0.446 bits per heavy atom. The maximum Gasteiger partial charge on any atom is 0.159 e. The monoisotopic (exact) mass is 717 g/mol. The van der Waals surface area contributed by atoms with Crippen LogP contribution < -0.4 is 5.32 Å². The van der Waals surface area contributed by atoms with E-state index in [0.29, 0.717) is 0 Å². The highest BCUT2D eigenvalue weighted by Gasteiger charge is 2.23. The molecule has 4 nitrogen and oxygen atoms in total. The second-order valence-electron chi connectivity index (χ2n) is 14.4. The van der Waals surface area contributed by atoms with E-state index in [0.717, 1.165) is 72.4 Å². The van der Waals surface area contributed by atoms with Gasteiger partial charge in [-0.05, 0) is 64.2 Å². The average Bonchev–Trinajstić information content (AvgIpc) is 3.82. The van der Waals surface area contributed by atoms with E-state index in [1.54, 1.807) is 0 Å². The summed E-state index contributed by atoms with van der Waals surface area (Å²) in [5.41, 5.74) is 13.8. The van der Waals surface area contributed by atoms with Crippen LogP contribution in [0.5, 0.6) is 0 Å². The minimum Gasteiger partial charge on any atom is -0.454 e. The summed E-state index contributed by atoms with van der Waals surface area (Å²) >= 11 is 0. The highest BCUT2D eigenvalue weighted by molar-refractivity contribution is 6.14. The molecule has 0 fully saturated rings. The van der Waals surface area contributed by atoms with Crippen molar-refractivity contribution >= 4 is 55.3 Å². The summed E-state index contributed by atoms with van der Waals surface area (Å²) in [5.74, 6) is 0.848. The van der Waals surface area contributed by atoms with E-state index in [4.69, 9.17) is 9.41 Å². The molecule has 1 N–H and O–H groups in total. The van der Waals surface area contributed by atoms with Crippen LogP contribution in [0.25, 0.3) is 77.4 Å². The normalized spacial score (nSPS) is 14.2. The third kappa shape index (κ3) is 5.42. The van der Waals surface area contributed by atoms with E-state index in [9.17, 15) is 0 Å². The number of fused-ring (bicyclic) bond motifs is 6. The van der Waals surface area contributed by atoms with Gasteiger partial charge in [-0.15, -0.1) is 0 Å². The fourth-order valence-electron chi connectivity index (χ4n) is 8.30. The Kier molecular flexibility index (Phi) is 7.52. The quantitative estimate of drug-likeness (QED) is 0.186. The first-order chi connectivity index (χ1) is 27.7. The first kappa shape index (κ1) is 32.0. The van der Waals surface area contributed by atoms with Gasteiger partial charge in [0, 0.05) is 32.7 Å². The van der Waals surface area contributed by atoms with Gasteiger partial charge in [-0.2, -0.15) is 0 Å². The molecule has 0 amide bonds. The summed E-state index contributed by atoms with van der Waals surface area (Å²) in [6.45, 7) is 0. The van der Waals surface area contributed by atoms with Crippen molar-refractivity contribution in [3.05, 3.63) is 217 Å². The van der Waals surface area contributed by atoms with Crippen LogP contribution in [-0.4, -0.2) is 10.4 Å². The van der Waals surface area contributed by atoms with Crippen molar-refractivity contribution in [2.75, 3.05) is 0 Å². The Bertz CT molecular complexity index is 3140. The van der Waals surface area contributed by atoms with E-state index >= 15 is 0 Å². The molecule has 0 saturated heterocycles. The zero-order valence-corrected chi connectivity index (χ0v) is 30.4. The summed E-state index contributed by atoms with van der Waals surface area (Å²) in [6.07, 6.45) is 2.26. The minimum atomic E-state index is -0.0817. The second-order valence-corrected chi connectivity index (χ2v) is 14.4. The van der Waals surface area contributed by atoms with Crippen molar-refractivity contribution < 1.29 is 4.42 Å². The fourth-order valence-corrected chi connectivity index (χ4v) is 8.30. The zero-order chi connectivity index (χ0) is 37.0. The van der Waals surface area contributed by atoms with Crippen molar-refractivity contribution in [2.24, 2.45) is 4.99 Å². The average molecular weight is 718 g/mol. The Balaban J connectivity index is 1.12. The van der Waals surface area contributed by atoms with Crippen LogP contribution >= 0.6 is 0 Å². The van der Waals surface area contributed by atoms with Crippen molar-refractivity contribution in [2.45, 2.75) is 6.04 Å². The van der Waals surface area contributed by atoms with E-state index in [1.165, 1.54) is 27.5 Å². The van der Waals surface area contributed by atoms with Gasteiger partial charge >= 0.3 is 0 Å². The Hall–Kier alpha value is -7.43. The lowest BCUT2D eigenvalue weighted by Crippen LogP contribution is -2.31. The van der Waals surface area contributed by atoms with Gasteiger partial charge in [-0.3, -0.25) is 0 Å². The molecule has 264 valence electrons. The second kappa shape index (κ2) is 13.2. The molecule has 0 aliphatic carbocycles. The van der Waals surface area contributed by atoms with E-state index in [-0.39, 0.29) is 6.04 Å². The number of hydrogen-bond donors (Lipinski definition) is 1. The summed E-state index contributed by atoms with van der Waals surface area (Å²) in [4.78, 5) is 5.30. The van der Waals surface area contributed by atoms with Gasteiger partial charge in [0.05, 0.1) is 28.5 Å². The van der Waals surface area contributed by atoms with Crippen molar-refractivity contribution in [3.63, 3.8) is 0 Å². The molecule has 0 saturated carbocycles. The zero-order valence-electron chi connectivity index (χ0n) is 30.4. The Labute approximate surface area is 324 Å². The summed E-state index contributed by atoms with van der Waals surface area (Å²) < 4.78 is 9.13. The molecular formula is C52H35N3O. The molecule has 10 aromatic rings. The molecule has 1 aliphatic rings. The van der Waals surface area contributed by atoms with Crippen LogP contribution in [0.3, 0.4) is 0 Å². The van der Waals surface area contributed by atoms with Gasteiger partial charge in [-0.1, -0.05) is 164 Å². The number of furan rings is 1. The van der Waals surface area contributed by atoms with Crippen LogP contribution in [0.4, 0.5) is 0 Å². The number of nitrogens with zero attached hydrogens (tertiary/aromatic N) is 2. The van der Waals surface area contributed by atoms with Crippen LogP contribution in [-0.2, 0) is 0 Å². The van der Waals surface area contributed by atoms with Crippen LogP contribution in [0, 0.1) is 0 Å². The molecule has 3 heterocycles. The van der Waals surface area contributed by atoms with Gasteiger partial charge in [0.15, 0.2) is 5.58 Å². The number of hydrogen-bond acceptors (Lipinski definition) is 3. The number of benzene rings is 8. The third-order valence-corrected chi connectivity index (χ3v) is 11.0. The standard InChI is InChI=1S/C52H35N3O/c1-4-14-34(15-5-1)36-24-26-37(27-25-36)45-33-46(54-52(53-45)38-18-8-3-9-19-38)39-28-29-42-41-20-10-12-22-47(41)55(48(42)31-39)49-32-40(35-16-6-2-7-17-35)30-44-43-21-11-13-23-50(43)56-51(44)49/h1-33,45H,(H,53,54). The van der Waals surface area contributed by atoms with Crippen LogP contribution in [0.15, 0.2) is 210 Å². The Morgan fingerprint density at radius 2 is 1.04 bits per heavy atom. The van der Waals surface area contributed by atoms with Gasteiger partial charge in [-0.25, -0.2) is 4.99 Å². The molecule has 1 atom stereocenters. The third-order valence-electron chi connectivity index (χ3n) is 11.0. The molecule has 1 unspecified atom stereocenters. The van der Waals surface area contributed by atoms with Gasteiger partial charge in [0.25, 0.3) is 0 Å². The van der Waals surface area contributed by atoms with Gasteiger partial charge in [0.2, 0.25) is 0 Å². The van der Waals surface area contributed by atoms with E-state index < -0.39 is 0 Å². The molecule has 0 spiro atoms. The number of rotatable bonds is 6. The Morgan fingerprint density at radius 3 is 1.79 bits per heavy atom. The lowest BCUT2D eigenvalue weighted by atomic mass is 9.97.